The molecule has 1 heterocycles. The first-order chi connectivity index (χ1) is 7.31. The molecule has 1 fully saturated rings. The van der Waals surface area contributed by atoms with Crippen molar-refractivity contribution >= 4 is 0 Å². The molecule has 1 N–H and O–H groups in total. The molecule has 0 aromatic heterocycles. The van der Waals surface area contributed by atoms with Crippen LogP contribution < -0.4 is 0 Å². The average molecular weight is 217 g/mol. The van der Waals surface area contributed by atoms with Gasteiger partial charge in [-0.05, 0) is 33.2 Å². The van der Waals surface area contributed by atoms with Crippen LogP contribution in [0, 0.1) is 0 Å². The Hall–Kier alpha value is -0.160. The molecule has 1 rings (SSSR count). The first kappa shape index (κ1) is 12.9. The van der Waals surface area contributed by atoms with Gasteiger partial charge in [0.25, 0.3) is 0 Å². The molecule has 90 valence electrons. The largest absolute Gasteiger partial charge is 0.395 e. The van der Waals surface area contributed by atoms with Gasteiger partial charge in [-0.2, -0.15) is 0 Å². The summed E-state index contributed by atoms with van der Waals surface area (Å²) in [6, 6.07) is 0.299. The third-order valence-corrected chi connectivity index (χ3v) is 2.80. The minimum absolute atomic E-state index is 0.146. The maximum absolute atomic E-state index is 9.19. The first-order valence-corrected chi connectivity index (χ1v) is 5.89. The Morgan fingerprint density at radius 2 is 2.00 bits per heavy atom. The summed E-state index contributed by atoms with van der Waals surface area (Å²) >= 11 is 0. The molecule has 4 heteroatoms. The lowest BCUT2D eigenvalue weighted by molar-refractivity contribution is -0.149. The van der Waals surface area contributed by atoms with E-state index in [1.807, 2.05) is 13.8 Å². The fourth-order valence-electron chi connectivity index (χ4n) is 2.06. The fraction of sp³-hybridized carbons (Fsp3) is 1.00. The summed E-state index contributed by atoms with van der Waals surface area (Å²) in [5.74, 6) is 0. The Bertz CT molecular complexity index is 160. The Morgan fingerprint density at radius 3 is 2.53 bits per heavy atom. The van der Waals surface area contributed by atoms with Crippen LogP contribution in [0.5, 0.6) is 0 Å². The Labute approximate surface area is 92.2 Å². The smallest absolute Gasteiger partial charge is 0.170 e. The zero-order chi connectivity index (χ0) is 11.1. The van der Waals surface area contributed by atoms with Gasteiger partial charge in [-0.1, -0.05) is 0 Å². The van der Waals surface area contributed by atoms with Gasteiger partial charge in [-0.25, -0.2) is 0 Å². The second-order valence-corrected chi connectivity index (χ2v) is 3.81. The van der Waals surface area contributed by atoms with Gasteiger partial charge < -0.3 is 14.6 Å². The minimum Gasteiger partial charge on any atom is -0.395 e. The number of nitrogens with zero attached hydrogens (tertiary/aromatic N) is 1. The SMILES string of the molecule is CCOC(CN1CCC[C@@H]1CO)OCC. The van der Waals surface area contributed by atoms with E-state index in [0.717, 1.165) is 25.9 Å². The lowest BCUT2D eigenvalue weighted by Crippen LogP contribution is -2.40. The van der Waals surface area contributed by atoms with Crippen LogP contribution in [0.3, 0.4) is 0 Å². The fourth-order valence-corrected chi connectivity index (χ4v) is 2.06. The Balaban J connectivity index is 2.35. The van der Waals surface area contributed by atoms with E-state index in [9.17, 15) is 5.11 Å². The maximum Gasteiger partial charge on any atom is 0.170 e. The molecular formula is C11H23NO3. The van der Waals surface area contributed by atoms with Crippen molar-refractivity contribution in [2.75, 3.05) is 32.9 Å². The van der Waals surface area contributed by atoms with Crippen LogP contribution in [0.4, 0.5) is 0 Å². The standard InChI is InChI=1S/C11H23NO3/c1-3-14-11(15-4-2)8-12-7-5-6-10(12)9-13/h10-11,13H,3-9H2,1-2H3/t10-/m1/s1. The molecule has 0 aromatic rings. The second-order valence-electron chi connectivity index (χ2n) is 3.81. The third kappa shape index (κ3) is 4.07. The molecule has 1 atom stereocenters. The third-order valence-electron chi connectivity index (χ3n) is 2.80. The number of hydrogen-bond acceptors (Lipinski definition) is 4. The molecule has 0 aliphatic carbocycles. The van der Waals surface area contributed by atoms with Crippen molar-refractivity contribution in [3.63, 3.8) is 0 Å². The van der Waals surface area contributed by atoms with Crippen LogP contribution in [0.15, 0.2) is 0 Å². The molecule has 0 aromatic carbocycles. The van der Waals surface area contributed by atoms with E-state index in [2.05, 4.69) is 4.90 Å². The Kier molecular flexibility index (Phi) is 6.17. The van der Waals surface area contributed by atoms with Crippen molar-refractivity contribution in [1.82, 2.24) is 4.90 Å². The van der Waals surface area contributed by atoms with Crippen LogP contribution in [0.1, 0.15) is 26.7 Å². The zero-order valence-corrected chi connectivity index (χ0v) is 9.82. The summed E-state index contributed by atoms with van der Waals surface area (Å²) in [7, 11) is 0. The van der Waals surface area contributed by atoms with Gasteiger partial charge in [0.15, 0.2) is 6.29 Å². The number of ether oxygens (including phenoxy) is 2. The lowest BCUT2D eigenvalue weighted by Gasteiger charge is -2.27. The molecule has 4 nitrogen and oxygen atoms in total. The maximum atomic E-state index is 9.19. The van der Waals surface area contributed by atoms with Gasteiger partial charge in [-0.3, -0.25) is 4.90 Å². The molecule has 0 saturated carbocycles. The highest BCUT2D eigenvalue weighted by Crippen LogP contribution is 2.17. The van der Waals surface area contributed by atoms with Gasteiger partial charge in [0.05, 0.1) is 6.61 Å². The van der Waals surface area contributed by atoms with Crippen molar-refractivity contribution in [1.29, 1.82) is 0 Å². The summed E-state index contributed by atoms with van der Waals surface area (Å²) in [5, 5.41) is 9.19. The summed E-state index contributed by atoms with van der Waals surface area (Å²) in [5.41, 5.74) is 0. The first-order valence-electron chi connectivity index (χ1n) is 5.89. The van der Waals surface area contributed by atoms with E-state index in [0.29, 0.717) is 19.3 Å². The minimum atomic E-state index is -0.146. The normalized spacial score (nSPS) is 22.8. The molecule has 0 spiro atoms. The molecule has 1 aliphatic rings. The van der Waals surface area contributed by atoms with E-state index in [1.165, 1.54) is 0 Å². The van der Waals surface area contributed by atoms with Gasteiger partial charge in [0, 0.05) is 25.8 Å². The van der Waals surface area contributed by atoms with Gasteiger partial charge in [0.2, 0.25) is 0 Å². The number of hydrogen-bond donors (Lipinski definition) is 1. The predicted octanol–water partition coefficient (Wildman–Crippen LogP) is 0.842. The van der Waals surface area contributed by atoms with Crippen LogP contribution >= 0.6 is 0 Å². The highest BCUT2D eigenvalue weighted by atomic mass is 16.7. The molecule has 0 unspecified atom stereocenters. The van der Waals surface area contributed by atoms with Crippen LogP contribution in [0.25, 0.3) is 0 Å². The quantitative estimate of drug-likeness (QED) is 0.642. The van der Waals surface area contributed by atoms with Crippen LogP contribution in [-0.2, 0) is 9.47 Å². The van der Waals surface area contributed by atoms with Crippen molar-refractivity contribution in [3.05, 3.63) is 0 Å². The van der Waals surface area contributed by atoms with Crippen molar-refractivity contribution in [3.8, 4) is 0 Å². The monoisotopic (exact) mass is 217 g/mol. The molecule has 0 bridgehead atoms. The highest BCUT2D eigenvalue weighted by Gasteiger charge is 2.26. The highest BCUT2D eigenvalue weighted by molar-refractivity contribution is 4.78. The predicted molar refractivity (Wildman–Crippen MR) is 58.7 cm³/mol. The van der Waals surface area contributed by atoms with Crippen LogP contribution in [0.2, 0.25) is 0 Å². The number of aliphatic hydroxyl groups is 1. The van der Waals surface area contributed by atoms with E-state index in [-0.39, 0.29) is 12.9 Å². The molecule has 15 heavy (non-hydrogen) atoms. The molecule has 0 amide bonds. The summed E-state index contributed by atoms with van der Waals surface area (Å²) in [4.78, 5) is 2.26. The van der Waals surface area contributed by atoms with Crippen molar-refractivity contribution in [2.24, 2.45) is 0 Å². The topological polar surface area (TPSA) is 41.9 Å². The van der Waals surface area contributed by atoms with E-state index >= 15 is 0 Å². The number of rotatable bonds is 7. The summed E-state index contributed by atoms with van der Waals surface area (Å²) in [6.45, 7) is 7.34. The van der Waals surface area contributed by atoms with E-state index < -0.39 is 0 Å². The number of aliphatic hydroxyl groups excluding tert-OH is 1. The summed E-state index contributed by atoms with van der Waals surface area (Å²) < 4.78 is 11.0. The number of likely N-dealkylation sites (tertiary alicyclic amines) is 1. The van der Waals surface area contributed by atoms with E-state index in [4.69, 9.17) is 9.47 Å². The second kappa shape index (κ2) is 7.17. The van der Waals surface area contributed by atoms with Crippen molar-refractivity contribution < 1.29 is 14.6 Å². The van der Waals surface area contributed by atoms with Gasteiger partial charge in [-0.15, -0.1) is 0 Å². The molecule has 0 radical (unpaired) electrons. The Morgan fingerprint density at radius 1 is 1.33 bits per heavy atom. The molecular weight excluding hydrogens is 194 g/mol. The van der Waals surface area contributed by atoms with Gasteiger partial charge >= 0.3 is 0 Å². The van der Waals surface area contributed by atoms with Crippen LogP contribution in [-0.4, -0.2) is 55.2 Å². The summed E-state index contributed by atoms with van der Waals surface area (Å²) in [6.07, 6.45) is 2.10. The zero-order valence-electron chi connectivity index (χ0n) is 9.82. The van der Waals surface area contributed by atoms with Crippen molar-refractivity contribution in [2.45, 2.75) is 39.0 Å². The molecule has 1 aliphatic heterocycles. The van der Waals surface area contributed by atoms with Gasteiger partial charge in [0.1, 0.15) is 0 Å². The lowest BCUT2D eigenvalue weighted by atomic mass is 10.2. The average Bonchev–Trinajstić information content (AvgIpc) is 2.66. The molecule has 1 saturated heterocycles. The van der Waals surface area contributed by atoms with E-state index in [1.54, 1.807) is 0 Å².